The number of hydrogen-bond donors (Lipinski definition) is 2. The fraction of sp³-hybridized carbons (Fsp3) is 0.944. The number of amides is 1. The molecule has 2 saturated carbocycles. The first kappa shape index (κ1) is 17.6. The Labute approximate surface area is 135 Å². The monoisotopic (exact) mass is 310 g/mol. The van der Waals surface area contributed by atoms with Gasteiger partial charge in [0.2, 0.25) is 0 Å². The molecular formula is C18H34N2O2. The highest BCUT2D eigenvalue weighted by Gasteiger charge is 2.27. The molecule has 1 amide bonds. The lowest BCUT2D eigenvalue weighted by atomic mass is 9.90. The average Bonchev–Trinajstić information content (AvgIpc) is 2.81. The van der Waals surface area contributed by atoms with E-state index in [1.165, 1.54) is 25.8 Å². The Morgan fingerprint density at radius 3 is 2.23 bits per heavy atom. The summed E-state index contributed by atoms with van der Waals surface area (Å²) in [4.78, 5) is 11.8. The van der Waals surface area contributed by atoms with E-state index < -0.39 is 5.60 Å². The second-order valence-electron chi connectivity index (χ2n) is 8.27. The Bertz CT molecular complexity index is 357. The predicted octanol–water partition coefficient (Wildman–Crippen LogP) is 3.85. The van der Waals surface area contributed by atoms with Crippen molar-refractivity contribution in [3.8, 4) is 0 Å². The summed E-state index contributed by atoms with van der Waals surface area (Å²) in [6.07, 6.45) is 8.34. The molecule has 0 bridgehead atoms. The molecular weight excluding hydrogens is 276 g/mol. The molecule has 2 aliphatic carbocycles. The van der Waals surface area contributed by atoms with Gasteiger partial charge in [-0.25, -0.2) is 4.79 Å². The Kier molecular flexibility index (Phi) is 6.13. The minimum atomic E-state index is -0.416. The molecule has 4 heteroatoms. The van der Waals surface area contributed by atoms with Gasteiger partial charge in [0.25, 0.3) is 0 Å². The second kappa shape index (κ2) is 7.67. The Morgan fingerprint density at radius 1 is 1.05 bits per heavy atom. The van der Waals surface area contributed by atoms with Crippen LogP contribution in [0, 0.1) is 11.8 Å². The zero-order valence-corrected chi connectivity index (χ0v) is 14.8. The molecule has 4 nitrogen and oxygen atoms in total. The van der Waals surface area contributed by atoms with Crippen molar-refractivity contribution in [2.45, 2.75) is 90.3 Å². The first-order chi connectivity index (χ1) is 10.3. The minimum Gasteiger partial charge on any atom is -0.444 e. The highest BCUT2D eigenvalue weighted by atomic mass is 16.6. The number of ether oxygens (including phenoxy) is 1. The van der Waals surface area contributed by atoms with Gasteiger partial charge < -0.3 is 15.4 Å². The summed E-state index contributed by atoms with van der Waals surface area (Å²) in [5, 5.41) is 6.77. The number of carbonyl (C=O) groups is 1. The normalized spacial score (nSPS) is 32.7. The summed E-state index contributed by atoms with van der Waals surface area (Å²) in [6.45, 7) is 9.27. The average molecular weight is 310 g/mol. The third kappa shape index (κ3) is 5.79. The smallest absolute Gasteiger partial charge is 0.407 e. The van der Waals surface area contributed by atoms with Gasteiger partial charge in [0, 0.05) is 12.1 Å². The zero-order chi connectivity index (χ0) is 16.2. The summed E-state index contributed by atoms with van der Waals surface area (Å²) in [5.41, 5.74) is -0.416. The van der Waals surface area contributed by atoms with Crippen LogP contribution in [0.1, 0.15) is 72.6 Å². The number of alkyl carbamates (subject to hydrolysis) is 1. The van der Waals surface area contributed by atoms with Crippen molar-refractivity contribution >= 4 is 6.09 Å². The van der Waals surface area contributed by atoms with E-state index in [-0.39, 0.29) is 12.1 Å². The van der Waals surface area contributed by atoms with Crippen LogP contribution in [0.25, 0.3) is 0 Å². The first-order valence-corrected chi connectivity index (χ1v) is 9.06. The van der Waals surface area contributed by atoms with Crippen molar-refractivity contribution in [3.05, 3.63) is 0 Å². The molecule has 2 fully saturated rings. The van der Waals surface area contributed by atoms with Crippen LogP contribution in [0.3, 0.4) is 0 Å². The van der Waals surface area contributed by atoms with Gasteiger partial charge in [-0.15, -0.1) is 0 Å². The van der Waals surface area contributed by atoms with Crippen LogP contribution in [-0.4, -0.2) is 30.3 Å². The van der Waals surface area contributed by atoms with E-state index in [1.807, 2.05) is 20.8 Å². The molecule has 22 heavy (non-hydrogen) atoms. The van der Waals surface area contributed by atoms with Gasteiger partial charge in [-0.2, -0.15) is 0 Å². The van der Waals surface area contributed by atoms with Crippen molar-refractivity contribution in [2.75, 3.05) is 6.54 Å². The summed E-state index contributed by atoms with van der Waals surface area (Å²) < 4.78 is 5.33. The van der Waals surface area contributed by atoms with Gasteiger partial charge in [-0.3, -0.25) is 0 Å². The maximum Gasteiger partial charge on any atom is 0.407 e. The summed E-state index contributed by atoms with van der Waals surface area (Å²) in [6, 6.07) is 0.905. The quantitative estimate of drug-likeness (QED) is 0.829. The van der Waals surface area contributed by atoms with E-state index in [4.69, 9.17) is 4.74 Å². The molecule has 0 spiro atoms. The van der Waals surface area contributed by atoms with Gasteiger partial charge in [0.1, 0.15) is 5.60 Å². The van der Waals surface area contributed by atoms with E-state index >= 15 is 0 Å². The van der Waals surface area contributed by atoms with Crippen LogP contribution in [0.2, 0.25) is 0 Å². The molecule has 0 heterocycles. The highest BCUT2D eigenvalue weighted by Crippen LogP contribution is 2.31. The first-order valence-electron chi connectivity index (χ1n) is 9.06. The molecule has 0 aromatic rings. The Hall–Kier alpha value is -0.770. The fourth-order valence-electron chi connectivity index (χ4n) is 3.76. The standard InChI is InChI=1S/C18H34N2O2/c1-13-6-5-7-14(13)12-19-15-8-10-16(11-9-15)20-17(21)22-18(2,3)4/h13-16,19H,5-12H2,1-4H3,(H,20,21). The topological polar surface area (TPSA) is 50.4 Å². The number of rotatable bonds is 4. The molecule has 128 valence electrons. The van der Waals surface area contributed by atoms with E-state index in [1.54, 1.807) is 0 Å². The van der Waals surface area contributed by atoms with E-state index in [0.29, 0.717) is 6.04 Å². The van der Waals surface area contributed by atoms with Gasteiger partial charge in [-0.05, 0) is 71.3 Å². The third-order valence-electron chi connectivity index (χ3n) is 5.16. The second-order valence-corrected chi connectivity index (χ2v) is 8.27. The number of nitrogens with one attached hydrogen (secondary N) is 2. The maximum atomic E-state index is 11.8. The van der Waals surface area contributed by atoms with Gasteiger partial charge in [0.15, 0.2) is 0 Å². The number of hydrogen-bond acceptors (Lipinski definition) is 3. The van der Waals surface area contributed by atoms with E-state index in [9.17, 15) is 4.79 Å². The maximum absolute atomic E-state index is 11.8. The summed E-state index contributed by atoms with van der Waals surface area (Å²) in [7, 11) is 0. The van der Waals surface area contributed by atoms with E-state index in [0.717, 1.165) is 37.5 Å². The van der Waals surface area contributed by atoms with Crippen molar-refractivity contribution in [1.29, 1.82) is 0 Å². The fourth-order valence-corrected chi connectivity index (χ4v) is 3.76. The molecule has 2 aliphatic rings. The van der Waals surface area contributed by atoms with E-state index in [2.05, 4.69) is 17.6 Å². The van der Waals surface area contributed by atoms with Gasteiger partial charge >= 0.3 is 6.09 Å². The zero-order valence-electron chi connectivity index (χ0n) is 14.8. The highest BCUT2D eigenvalue weighted by molar-refractivity contribution is 5.68. The van der Waals surface area contributed by atoms with Crippen LogP contribution >= 0.6 is 0 Å². The van der Waals surface area contributed by atoms with Crippen LogP contribution < -0.4 is 10.6 Å². The number of carbonyl (C=O) groups excluding carboxylic acids is 1. The van der Waals surface area contributed by atoms with Crippen molar-refractivity contribution in [1.82, 2.24) is 10.6 Å². The predicted molar refractivity (Wildman–Crippen MR) is 89.9 cm³/mol. The molecule has 0 radical (unpaired) electrons. The minimum absolute atomic E-state index is 0.274. The van der Waals surface area contributed by atoms with Crippen LogP contribution in [0.15, 0.2) is 0 Å². The molecule has 2 N–H and O–H groups in total. The lowest BCUT2D eigenvalue weighted by Crippen LogP contribution is -2.44. The van der Waals surface area contributed by atoms with Crippen molar-refractivity contribution < 1.29 is 9.53 Å². The summed E-state index contributed by atoms with van der Waals surface area (Å²) >= 11 is 0. The lowest BCUT2D eigenvalue weighted by Gasteiger charge is -2.31. The van der Waals surface area contributed by atoms with Gasteiger partial charge in [-0.1, -0.05) is 19.8 Å². The molecule has 0 aromatic heterocycles. The van der Waals surface area contributed by atoms with Crippen molar-refractivity contribution in [2.24, 2.45) is 11.8 Å². The Morgan fingerprint density at radius 2 is 1.68 bits per heavy atom. The van der Waals surface area contributed by atoms with Gasteiger partial charge in [0.05, 0.1) is 0 Å². The SMILES string of the molecule is CC1CCCC1CNC1CCC(NC(=O)OC(C)(C)C)CC1. The molecule has 2 rings (SSSR count). The molecule has 2 unspecified atom stereocenters. The van der Waals surface area contributed by atoms with Crippen LogP contribution in [0.4, 0.5) is 4.79 Å². The lowest BCUT2D eigenvalue weighted by molar-refractivity contribution is 0.0489. The van der Waals surface area contributed by atoms with Crippen LogP contribution in [0.5, 0.6) is 0 Å². The Balaban J connectivity index is 1.62. The molecule has 2 atom stereocenters. The van der Waals surface area contributed by atoms with Crippen LogP contribution in [-0.2, 0) is 4.74 Å². The third-order valence-corrected chi connectivity index (χ3v) is 5.16. The molecule has 0 saturated heterocycles. The molecule has 0 aromatic carbocycles. The molecule has 0 aliphatic heterocycles. The van der Waals surface area contributed by atoms with Crippen molar-refractivity contribution in [3.63, 3.8) is 0 Å². The largest absolute Gasteiger partial charge is 0.444 e. The summed E-state index contributed by atoms with van der Waals surface area (Å²) in [5.74, 6) is 1.76.